The highest BCUT2D eigenvalue weighted by molar-refractivity contribution is 9.10. The van der Waals surface area contributed by atoms with E-state index in [2.05, 4.69) is 36.7 Å². The topological polar surface area (TPSA) is 72.2 Å². The maximum absolute atomic E-state index is 13.8. The van der Waals surface area contributed by atoms with Crippen LogP contribution in [0.25, 0.3) is 17.1 Å². The van der Waals surface area contributed by atoms with E-state index in [9.17, 15) is 9.18 Å². The van der Waals surface area contributed by atoms with Gasteiger partial charge in [0.2, 0.25) is 0 Å². The number of hydrogen-bond acceptors (Lipinski definition) is 5. The Balaban J connectivity index is 1.51. The van der Waals surface area contributed by atoms with Crippen molar-refractivity contribution in [2.24, 2.45) is 5.10 Å². The second-order valence-corrected chi connectivity index (χ2v) is 9.60. The summed E-state index contributed by atoms with van der Waals surface area (Å²) in [6.07, 6.45) is 1.25. The van der Waals surface area contributed by atoms with E-state index in [-0.39, 0.29) is 17.2 Å². The lowest BCUT2D eigenvalue weighted by molar-refractivity contribution is -0.118. The van der Waals surface area contributed by atoms with Crippen molar-refractivity contribution in [1.82, 2.24) is 20.2 Å². The SMILES string of the molecule is O=C(CSc1nnc(-c2ccc(Cl)cc2)n1-c1ccc(Cl)cc1)NN=Cc1cc(Br)ccc1F. The molecular formula is C23H15BrCl2FN5OS. The van der Waals surface area contributed by atoms with Crippen molar-refractivity contribution in [3.63, 3.8) is 0 Å². The average molecular weight is 579 g/mol. The van der Waals surface area contributed by atoms with Crippen molar-refractivity contribution < 1.29 is 9.18 Å². The van der Waals surface area contributed by atoms with Crippen molar-refractivity contribution in [2.45, 2.75) is 5.16 Å². The van der Waals surface area contributed by atoms with E-state index >= 15 is 0 Å². The lowest BCUT2D eigenvalue weighted by atomic mass is 10.2. The monoisotopic (exact) mass is 577 g/mol. The maximum Gasteiger partial charge on any atom is 0.250 e. The molecule has 0 spiro atoms. The van der Waals surface area contributed by atoms with Crippen LogP contribution in [0, 0.1) is 5.82 Å². The lowest BCUT2D eigenvalue weighted by Crippen LogP contribution is -2.20. The molecule has 0 aliphatic heterocycles. The number of thioether (sulfide) groups is 1. The van der Waals surface area contributed by atoms with E-state index in [0.717, 1.165) is 11.3 Å². The summed E-state index contributed by atoms with van der Waals surface area (Å²) in [7, 11) is 0. The highest BCUT2D eigenvalue weighted by atomic mass is 79.9. The highest BCUT2D eigenvalue weighted by Crippen LogP contribution is 2.29. The third kappa shape index (κ3) is 6.04. The van der Waals surface area contributed by atoms with Gasteiger partial charge in [-0.15, -0.1) is 10.2 Å². The molecule has 172 valence electrons. The first-order valence-electron chi connectivity index (χ1n) is 9.78. The van der Waals surface area contributed by atoms with Crippen LogP contribution in [0.2, 0.25) is 10.0 Å². The summed E-state index contributed by atoms with van der Waals surface area (Å²) in [6, 6.07) is 18.9. The van der Waals surface area contributed by atoms with E-state index in [1.807, 2.05) is 28.8 Å². The molecule has 1 heterocycles. The lowest BCUT2D eigenvalue weighted by Gasteiger charge is -2.10. The molecule has 1 N–H and O–H groups in total. The van der Waals surface area contributed by atoms with Gasteiger partial charge in [-0.05, 0) is 66.7 Å². The molecule has 0 atom stereocenters. The molecule has 0 unspecified atom stereocenters. The van der Waals surface area contributed by atoms with E-state index < -0.39 is 5.82 Å². The summed E-state index contributed by atoms with van der Waals surface area (Å²) in [4.78, 5) is 12.3. The van der Waals surface area contributed by atoms with Crippen molar-refractivity contribution in [2.75, 3.05) is 5.75 Å². The van der Waals surface area contributed by atoms with Gasteiger partial charge in [0.1, 0.15) is 5.82 Å². The number of amides is 1. The summed E-state index contributed by atoms with van der Waals surface area (Å²) in [5.41, 5.74) is 4.24. The number of rotatable bonds is 7. The van der Waals surface area contributed by atoms with Crippen LogP contribution in [0.3, 0.4) is 0 Å². The van der Waals surface area contributed by atoms with Crippen LogP contribution in [0.5, 0.6) is 0 Å². The van der Waals surface area contributed by atoms with Crippen molar-refractivity contribution in [3.8, 4) is 17.1 Å². The van der Waals surface area contributed by atoms with E-state index in [0.29, 0.717) is 25.5 Å². The summed E-state index contributed by atoms with van der Waals surface area (Å²) in [5, 5.41) is 14.1. The van der Waals surface area contributed by atoms with Crippen LogP contribution in [0.1, 0.15) is 5.56 Å². The Morgan fingerprint density at radius 2 is 1.74 bits per heavy atom. The summed E-state index contributed by atoms with van der Waals surface area (Å²) in [5.74, 6) is -0.216. The second-order valence-electron chi connectivity index (χ2n) is 6.87. The maximum atomic E-state index is 13.8. The van der Waals surface area contributed by atoms with Crippen molar-refractivity contribution >= 4 is 63.0 Å². The molecule has 0 aliphatic rings. The highest BCUT2D eigenvalue weighted by Gasteiger charge is 2.17. The zero-order valence-electron chi connectivity index (χ0n) is 17.3. The number of benzene rings is 3. The quantitative estimate of drug-likeness (QED) is 0.157. The van der Waals surface area contributed by atoms with Gasteiger partial charge in [-0.3, -0.25) is 9.36 Å². The fraction of sp³-hybridized carbons (Fsp3) is 0.0435. The largest absolute Gasteiger partial charge is 0.272 e. The normalized spacial score (nSPS) is 11.2. The Kier molecular flexibility index (Phi) is 7.99. The standard InChI is InChI=1S/C23H15BrCl2FN5OS/c24-16-3-10-20(27)15(11-16)12-28-29-21(33)13-34-23-31-30-22(14-1-4-17(25)5-2-14)32(23)19-8-6-18(26)7-9-19/h1-12H,13H2,(H,29,33). The van der Waals surface area contributed by atoms with Gasteiger partial charge in [0.05, 0.1) is 12.0 Å². The number of nitrogens with zero attached hydrogens (tertiary/aromatic N) is 4. The van der Waals surface area contributed by atoms with Crippen molar-refractivity contribution in [3.05, 3.63) is 92.6 Å². The van der Waals surface area contributed by atoms with Gasteiger partial charge in [0, 0.05) is 31.3 Å². The molecule has 0 fully saturated rings. The first-order valence-corrected chi connectivity index (χ1v) is 12.3. The van der Waals surface area contributed by atoms with Gasteiger partial charge in [0.15, 0.2) is 11.0 Å². The third-order valence-electron chi connectivity index (χ3n) is 4.50. The van der Waals surface area contributed by atoms with Crippen LogP contribution in [-0.2, 0) is 4.79 Å². The zero-order chi connectivity index (χ0) is 24.1. The smallest absolute Gasteiger partial charge is 0.250 e. The van der Waals surface area contributed by atoms with Crippen molar-refractivity contribution in [1.29, 1.82) is 0 Å². The molecule has 0 saturated carbocycles. The summed E-state index contributed by atoms with van der Waals surface area (Å²) in [6.45, 7) is 0. The molecule has 11 heteroatoms. The van der Waals surface area contributed by atoms with Crippen LogP contribution < -0.4 is 5.43 Å². The minimum absolute atomic E-state index is 0.0185. The van der Waals surface area contributed by atoms with E-state index in [1.165, 1.54) is 24.0 Å². The Bertz CT molecular complexity index is 1350. The average Bonchev–Trinajstić information content (AvgIpc) is 3.25. The molecule has 4 aromatic rings. The minimum Gasteiger partial charge on any atom is -0.272 e. The van der Waals surface area contributed by atoms with Gasteiger partial charge in [-0.1, -0.05) is 50.9 Å². The van der Waals surface area contributed by atoms with Crippen LogP contribution >= 0.6 is 50.9 Å². The predicted octanol–water partition coefficient (Wildman–Crippen LogP) is 6.39. The number of aromatic nitrogens is 3. The zero-order valence-corrected chi connectivity index (χ0v) is 21.2. The molecule has 3 aromatic carbocycles. The van der Waals surface area contributed by atoms with Gasteiger partial charge in [0.25, 0.3) is 5.91 Å². The molecule has 0 bridgehead atoms. The van der Waals surface area contributed by atoms with Crippen LogP contribution in [-0.4, -0.2) is 32.6 Å². The predicted molar refractivity (Wildman–Crippen MR) is 137 cm³/mol. The van der Waals surface area contributed by atoms with Crippen LogP contribution in [0.4, 0.5) is 4.39 Å². The van der Waals surface area contributed by atoms with Gasteiger partial charge in [-0.2, -0.15) is 5.10 Å². The van der Waals surface area contributed by atoms with Gasteiger partial charge < -0.3 is 0 Å². The fourth-order valence-corrected chi connectivity index (χ4v) is 4.30. The number of halogens is 4. The molecule has 1 aromatic heterocycles. The third-order valence-corrected chi connectivity index (χ3v) is 6.43. The minimum atomic E-state index is -0.443. The first-order chi connectivity index (χ1) is 16.4. The fourth-order valence-electron chi connectivity index (χ4n) is 2.92. The molecular weight excluding hydrogens is 564 g/mol. The van der Waals surface area contributed by atoms with E-state index in [4.69, 9.17) is 23.2 Å². The number of hydrazone groups is 1. The Morgan fingerprint density at radius 3 is 2.44 bits per heavy atom. The van der Waals surface area contributed by atoms with Gasteiger partial charge in [-0.25, -0.2) is 9.82 Å². The summed E-state index contributed by atoms with van der Waals surface area (Å²) >= 11 is 16.5. The van der Waals surface area contributed by atoms with Gasteiger partial charge >= 0.3 is 0 Å². The molecule has 6 nitrogen and oxygen atoms in total. The molecule has 0 aliphatic carbocycles. The summed E-state index contributed by atoms with van der Waals surface area (Å²) < 4.78 is 16.3. The molecule has 4 rings (SSSR count). The number of carbonyl (C=O) groups is 1. The number of carbonyl (C=O) groups excluding carboxylic acids is 1. The Hall–Kier alpha value is -2.72. The van der Waals surface area contributed by atoms with Crippen LogP contribution in [0.15, 0.2) is 81.5 Å². The molecule has 0 saturated heterocycles. The molecule has 1 amide bonds. The number of nitrogens with one attached hydrogen (secondary N) is 1. The van der Waals surface area contributed by atoms with E-state index in [1.54, 1.807) is 36.4 Å². The molecule has 34 heavy (non-hydrogen) atoms. The Morgan fingerprint density at radius 1 is 1.06 bits per heavy atom. The first kappa shape index (κ1) is 24.4. The Labute approximate surface area is 217 Å². The molecule has 0 radical (unpaired) electrons. The number of hydrogen-bond donors (Lipinski definition) is 1. The second kappa shape index (κ2) is 11.1.